The van der Waals surface area contributed by atoms with Crippen molar-refractivity contribution in [2.24, 2.45) is 0 Å². The molecule has 0 aromatic heterocycles. The molecule has 0 fully saturated rings. The average Bonchev–Trinajstić information content (AvgIpc) is 2.84. The van der Waals surface area contributed by atoms with E-state index in [1.165, 1.54) is 0 Å². The maximum atomic E-state index is 12.5. The summed E-state index contributed by atoms with van der Waals surface area (Å²) in [5.41, 5.74) is 7.91. The van der Waals surface area contributed by atoms with Crippen molar-refractivity contribution >= 4 is 51.0 Å². The zero-order valence-electron chi connectivity index (χ0n) is 18.4. The lowest BCUT2D eigenvalue weighted by molar-refractivity contribution is -0.147. The Hall–Kier alpha value is -3.40. The van der Waals surface area contributed by atoms with Gasteiger partial charge in [-0.05, 0) is 47.9 Å². The van der Waals surface area contributed by atoms with Gasteiger partial charge >= 0.3 is 17.8 Å². The number of hydrogen-bond acceptors (Lipinski definition) is 5. The number of benzene rings is 3. The molecule has 3 aromatic carbocycles. The maximum absolute atomic E-state index is 12.5. The number of carbonyl (C=O) groups is 3. The van der Waals surface area contributed by atoms with Gasteiger partial charge in [0.25, 0.3) is 0 Å². The number of hydrazine groups is 1. The zero-order chi connectivity index (χ0) is 25.4. The Morgan fingerprint density at radius 3 is 2.26 bits per heavy atom. The third kappa shape index (κ3) is 7.81. The second-order valence-corrected chi connectivity index (χ2v) is 9.05. The monoisotopic (exact) mass is 559 g/mol. The van der Waals surface area contributed by atoms with E-state index in [1.807, 2.05) is 36.4 Å². The van der Waals surface area contributed by atoms with Gasteiger partial charge in [0, 0.05) is 27.5 Å². The van der Waals surface area contributed by atoms with Crippen LogP contribution in [0.5, 0.6) is 0 Å². The molecule has 5 N–H and O–H groups in total. The standard InChI is InChI=1S/C25H23BrClN3O5/c26-17-7-9-18(10-8-17)29-30-24(33)23(32)28-19(14-22(31)25(34)35)12-15-6-11-20(21(27)13-15)16-4-2-1-3-5-16/h1-11,13,19,22,29,31H,12,14H2,(H,28,32)(H,30,33)(H,34,35)/t19-,22-/m1/s1. The summed E-state index contributed by atoms with van der Waals surface area (Å²) in [4.78, 5) is 35.9. The summed E-state index contributed by atoms with van der Waals surface area (Å²) in [6, 6.07) is 20.9. The topological polar surface area (TPSA) is 128 Å². The van der Waals surface area contributed by atoms with Gasteiger partial charge in [-0.15, -0.1) is 0 Å². The van der Waals surface area contributed by atoms with Crippen LogP contribution in [-0.2, 0) is 20.8 Å². The smallest absolute Gasteiger partial charge is 0.332 e. The Kier molecular flexibility index (Phi) is 9.25. The van der Waals surface area contributed by atoms with Crippen molar-refractivity contribution in [3.05, 3.63) is 87.9 Å². The van der Waals surface area contributed by atoms with E-state index < -0.39 is 29.9 Å². The van der Waals surface area contributed by atoms with Crippen molar-refractivity contribution < 1.29 is 24.6 Å². The van der Waals surface area contributed by atoms with Crippen LogP contribution in [0.1, 0.15) is 12.0 Å². The van der Waals surface area contributed by atoms with E-state index in [2.05, 4.69) is 32.1 Å². The Balaban J connectivity index is 1.68. The molecule has 0 saturated carbocycles. The molecule has 3 aromatic rings. The van der Waals surface area contributed by atoms with Gasteiger partial charge in [-0.1, -0.05) is 70.0 Å². The minimum absolute atomic E-state index is 0.151. The fraction of sp³-hybridized carbons (Fsp3) is 0.160. The molecule has 35 heavy (non-hydrogen) atoms. The predicted octanol–water partition coefficient (Wildman–Crippen LogP) is 3.78. The quantitative estimate of drug-likeness (QED) is 0.200. The summed E-state index contributed by atoms with van der Waals surface area (Å²) in [5.74, 6) is -3.38. The first-order chi connectivity index (χ1) is 16.7. The highest BCUT2D eigenvalue weighted by Gasteiger charge is 2.25. The van der Waals surface area contributed by atoms with E-state index in [0.717, 1.165) is 15.6 Å². The second kappa shape index (κ2) is 12.3. The number of anilines is 1. The maximum Gasteiger partial charge on any atom is 0.332 e. The summed E-state index contributed by atoms with van der Waals surface area (Å²) in [6.07, 6.45) is -1.87. The highest BCUT2D eigenvalue weighted by atomic mass is 79.9. The van der Waals surface area contributed by atoms with E-state index in [1.54, 1.807) is 36.4 Å². The fourth-order valence-corrected chi connectivity index (χ4v) is 3.93. The summed E-state index contributed by atoms with van der Waals surface area (Å²) in [6.45, 7) is 0. The number of amides is 2. The summed E-state index contributed by atoms with van der Waals surface area (Å²) < 4.78 is 0.851. The van der Waals surface area contributed by atoms with Crippen molar-refractivity contribution in [3.63, 3.8) is 0 Å². The van der Waals surface area contributed by atoms with Crippen molar-refractivity contribution in [1.29, 1.82) is 0 Å². The van der Waals surface area contributed by atoms with Crippen molar-refractivity contribution in [1.82, 2.24) is 10.7 Å². The first-order valence-corrected chi connectivity index (χ1v) is 11.8. The number of nitrogens with one attached hydrogen (secondary N) is 3. The molecule has 0 spiro atoms. The number of aliphatic carboxylic acids is 1. The highest BCUT2D eigenvalue weighted by Crippen LogP contribution is 2.29. The molecule has 0 heterocycles. The Bertz CT molecular complexity index is 1190. The lowest BCUT2D eigenvalue weighted by Crippen LogP contribution is -2.48. The highest BCUT2D eigenvalue weighted by molar-refractivity contribution is 9.10. The Morgan fingerprint density at radius 2 is 1.63 bits per heavy atom. The Morgan fingerprint density at radius 1 is 0.943 bits per heavy atom. The van der Waals surface area contributed by atoms with Crippen LogP contribution in [0.2, 0.25) is 5.02 Å². The molecule has 0 unspecified atom stereocenters. The lowest BCUT2D eigenvalue weighted by Gasteiger charge is -2.21. The molecular weight excluding hydrogens is 538 g/mol. The zero-order valence-corrected chi connectivity index (χ0v) is 20.7. The summed E-state index contributed by atoms with van der Waals surface area (Å²) >= 11 is 9.77. The average molecular weight is 561 g/mol. The van der Waals surface area contributed by atoms with E-state index >= 15 is 0 Å². The number of halogens is 2. The van der Waals surface area contributed by atoms with E-state index in [-0.39, 0.29) is 12.8 Å². The molecule has 182 valence electrons. The van der Waals surface area contributed by atoms with Crippen molar-refractivity contribution in [2.75, 3.05) is 5.43 Å². The first kappa shape index (κ1) is 26.2. The van der Waals surface area contributed by atoms with Gasteiger partial charge in [0.2, 0.25) is 0 Å². The molecule has 8 nitrogen and oxygen atoms in total. The fourth-order valence-electron chi connectivity index (χ4n) is 3.36. The van der Waals surface area contributed by atoms with Crippen molar-refractivity contribution in [3.8, 4) is 11.1 Å². The largest absolute Gasteiger partial charge is 0.479 e. The van der Waals surface area contributed by atoms with E-state index in [9.17, 15) is 19.5 Å². The molecule has 0 aliphatic heterocycles. The lowest BCUT2D eigenvalue weighted by atomic mass is 9.97. The molecule has 0 bridgehead atoms. The minimum Gasteiger partial charge on any atom is -0.479 e. The third-order valence-corrected chi connectivity index (χ3v) is 5.94. The summed E-state index contributed by atoms with van der Waals surface area (Å²) in [5, 5.41) is 21.9. The molecule has 2 atom stereocenters. The van der Waals surface area contributed by atoms with Crippen LogP contribution >= 0.6 is 27.5 Å². The van der Waals surface area contributed by atoms with Crippen LogP contribution in [0, 0.1) is 0 Å². The summed E-state index contributed by atoms with van der Waals surface area (Å²) in [7, 11) is 0. The van der Waals surface area contributed by atoms with Gasteiger partial charge in [0.05, 0.1) is 5.69 Å². The van der Waals surface area contributed by atoms with Gasteiger partial charge < -0.3 is 15.5 Å². The molecule has 0 aliphatic rings. The number of carboxylic acid groups (broad SMARTS) is 1. The van der Waals surface area contributed by atoms with Gasteiger partial charge in [0.15, 0.2) is 6.10 Å². The Labute approximate surface area is 215 Å². The number of aliphatic hydroxyl groups excluding tert-OH is 1. The van der Waals surface area contributed by atoms with Crippen LogP contribution in [0.15, 0.2) is 77.3 Å². The number of aliphatic hydroxyl groups is 1. The van der Waals surface area contributed by atoms with E-state index in [4.69, 9.17) is 16.7 Å². The first-order valence-electron chi connectivity index (χ1n) is 10.6. The van der Waals surface area contributed by atoms with Gasteiger partial charge in [-0.25, -0.2) is 4.79 Å². The molecule has 10 heteroatoms. The minimum atomic E-state index is -1.72. The van der Waals surface area contributed by atoms with Gasteiger partial charge in [-0.3, -0.25) is 20.4 Å². The predicted molar refractivity (Wildman–Crippen MR) is 137 cm³/mol. The number of carboxylic acids is 1. The normalized spacial score (nSPS) is 12.3. The SMILES string of the molecule is O=C(NNc1ccc(Br)cc1)C(=O)N[C@H](Cc1ccc(-c2ccccc2)c(Cl)c1)C[C@@H](O)C(=O)O. The van der Waals surface area contributed by atoms with Gasteiger partial charge in [0.1, 0.15) is 0 Å². The van der Waals surface area contributed by atoms with Crippen molar-refractivity contribution in [2.45, 2.75) is 25.0 Å². The second-order valence-electron chi connectivity index (χ2n) is 7.73. The molecule has 2 amide bonds. The van der Waals surface area contributed by atoms with Crippen LogP contribution in [-0.4, -0.2) is 40.1 Å². The van der Waals surface area contributed by atoms with Crippen LogP contribution in [0.3, 0.4) is 0 Å². The van der Waals surface area contributed by atoms with Crippen LogP contribution in [0.4, 0.5) is 5.69 Å². The van der Waals surface area contributed by atoms with E-state index in [0.29, 0.717) is 16.3 Å². The number of rotatable bonds is 9. The number of hydrogen-bond donors (Lipinski definition) is 5. The number of carbonyl (C=O) groups excluding carboxylic acids is 2. The molecule has 0 radical (unpaired) electrons. The molecular formula is C25H23BrClN3O5. The third-order valence-electron chi connectivity index (χ3n) is 5.10. The molecule has 0 aliphatic carbocycles. The molecule has 0 saturated heterocycles. The van der Waals surface area contributed by atoms with Gasteiger partial charge in [-0.2, -0.15) is 0 Å². The van der Waals surface area contributed by atoms with Crippen LogP contribution < -0.4 is 16.2 Å². The van der Waals surface area contributed by atoms with Crippen LogP contribution in [0.25, 0.3) is 11.1 Å². The molecule has 3 rings (SSSR count).